The molecule has 7 fully saturated rings. The molecule has 0 radical (unpaired) electrons. The Morgan fingerprint density at radius 3 is 1.20 bits per heavy atom. The van der Waals surface area contributed by atoms with Crippen molar-refractivity contribution < 1.29 is 35.7 Å². The van der Waals surface area contributed by atoms with Gasteiger partial charge in [-0.3, -0.25) is 0 Å². The Morgan fingerprint density at radius 1 is 0.231 bits per heavy atom. The molecule has 7 rings (SSSR count). The molecule has 0 aromatic heterocycles. The smallest absolute Gasteiger partial charge is 0.0596 e. The maximum Gasteiger partial charge on any atom is 0.0596 e. The van der Waals surface area contributed by atoms with Crippen molar-refractivity contribution >= 4 is 0 Å². The van der Waals surface area contributed by atoms with Crippen LogP contribution in [0.3, 0.4) is 0 Å². The standard InChI is InChI=1S/7C12H24O/c1-4-5-6-11-7-10(3)12(13)8-9(11)2;1-4-5-6-11-7-9(2)12(13)10(3)8-11;1-4-5-6-11-7-9(2)10(3)8-12(11)13;1-4-5-6-11-8-9(2)7-10(3)12(11)13;1-4-5-6-11-7-8-12(13)10(3)9(11)2;1-4-5-6-11-8-7-9(2)10(3)12(11)13;1-4-5-6-11-9(2)7-8-10(3)12(11)13/h7*9-13H,4-8H2,1-3H3. The second kappa shape index (κ2) is 50.1. The van der Waals surface area contributed by atoms with E-state index in [1.54, 1.807) is 0 Å². The van der Waals surface area contributed by atoms with Gasteiger partial charge in [-0.1, -0.05) is 267 Å². The molecule has 0 bridgehead atoms. The lowest BCUT2D eigenvalue weighted by Crippen LogP contribution is -2.36. The lowest BCUT2D eigenvalue weighted by Gasteiger charge is -2.37. The molecule has 546 valence electrons. The molecule has 7 saturated carbocycles. The van der Waals surface area contributed by atoms with Crippen LogP contribution in [0.1, 0.15) is 370 Å². The van der Waals surface area contributed by atoms with E-state index in [0.717, 1.165) is 66.6 Å². The van der Waals surface area contributed by atoms with Crippen LogP contribution in [-0.4, -0.2) is 78.5 Å². The Morgan fingerprint density at radius 2 is 0.648 bits per heavy atom. The predicted octanol–water partition coefficient (Wildman–Crippen LogP) is 22.5. The maximum absolute atomic E-state index is 10.0. The summed E-state index contributed by atoms with van der Waals surface area (Å²) < 4.78 is 0. The zero-order valence-electron chi connectivity index (χ0n) is 65.0. The zero-order chi connectivity index (χ0) is 68.9. The van der Waals surface area contributed by atoms with E-state index < -0.39 is 0 Å². The molecule has 7 aliphatic rings. The molecule has 0 amide bonds. The second-order valence-corrected chi connectivity index (χ2v) is 34.1. The van der Waals surface area contributed by atoms with Crippen LogP contribution in [0.4, 0.5) is 0 Å². The summed E-state index contributed by atoms with van der Waals surface area (Å²) in [6, 6.07) is 0. The van der Waals surface area contributed by atoms with E-state index in [9.17, 15) is 35.7 Å². The van der Waals surface area contributed by atoms with Crippen molar-refractivity contribution in [1.82, 2.24) is 0 Å². The molecule has 0 aromatic carbocycles. The van der Waals surface area contributed by atoms with Gasteiger partial charge in [0.25, 0.3) is 0 Å². The Hall–Kier alpha value is -0.280. The molecule has 26 atom stereocenters. The number of unbranched alkanes of at least 4 members (excludes halogenated alkanes) is 7. The van der Waals surface area contributed by atoms with Gasteiger partial charge in [-0.05, 0) is 227 Å². The third-order valence-electron chi connectivity index (χ3n) is 25.9. The van der Waals surface area contributed by atoms with Gasteiger partial charge in [-0.25, -0.2) is 0 Å². The minimum Gasteiger partial charge on any atom is -0.393 e. The van der Waals surface area contributed by atoms with Gasteiger partial charge in [0.2, 0.25) is 0 Å². The third-order valence-corrected chi connectivity index (χ3v) is 25.9. The number of hydrogen-bond donors (Lipinski definition) is 7. The minimum absolute atomic E-state index is 0.0160. The highest BCUT2D eigenvalue weighted by Gasteiger charge is 2.37. The lowest BCUT2D eigenvalue weighted by molar-refractivity contribution is -0.00756. The molecule has 0 aromatic rings. The third kappa shape index (κ3) is 33.9. The van der Waals surface area contributed by atoms with Crippen molar-refractivity contribution in [2.24, 2.45) is 124 Å². The molecular formula is C84H168O7. The number of aliphatic hydroxyl groups excluding tert-OH is 7. The van der Waals surface area contributed by atoms with Gasteiger partial charge >= 0.3 is 0 Å². The van der Waals surface area contributed by atoms with E-state index in [2.05, 4.69) is 145 Å². The number of rotatable bonds is 21. The Labute approximate surface area is 570 Å². The number of aliphatic hydroxyl groups is 7. The first-order valence-electron chi connectivity index (χ1n) is 40.8. The summed E-state index contributed by atoms with van der Waals surface area (Å²) in [4.78, 5) is 0. The van der Waals surface area contributed by atoms with E-state index >= 15 is 0 Å². The van der Waals surface area contributed by atoms with E-state index in [0.29, 0.717) is 76.9 Å². The van der Waals surface area contributed by atoms with Gasteiger partial charge in [-0.2, -0.15) is 0 Å². The summed E-state index contributed by atoms with van der Waals surface area (Å²) in [5, 5.41) is 69.1. The molecule has 0 saturated heterocycles. The summed E-state index contributed by atoms with van der Waals surface area (Å²) in [6.45, 7) is 47.1. The summed E-state index contributed by atoms with van der Waals surface area (Å²) in [5.41, 5.74) is 0. The van der Waals surface area contributed by atoms with Crippen LogP contribution in [0.25, 0.3) is 0 Å². The van der Waals surface area contributed by atoms with Crippen LogP contribution in [0, 0.1) is 124 Å². The quantitative estimate of drug-likeness (QED) is 0.0607. The second-order valence-electron chi connectivity index (χ2n) is 34.1. The van der Waals surface area contributed by atoms with Gasteiger partial charge < -0.3 is 35.7 Å². The van der Waals surface area contributed by atoms with Crippen LogP contribution in [0.2, 0.25) is 0 Å². The summed E-state index contributed by atoms with van der Waals surface area (Å²) >= 11 is 0. The molecule has 7 nitrogen and oxygen atoms in total. The van der Waals surface area contributed by atoms with Crippen molar-refractivity contribution in [1.29, 1.82) is 0 Å². The average molecular weight is 1290 g/mol. The van der Waals surface area contributed by atoms with Crippen LogP contribution in [0.15, 0.2) is 0 Å². The van der Waals surface area contributed by atoms with Crippen molar-refractivity contribution in [3.63, 3.8) is 0 Å². The molecule has 7 N–H and O–H groups in total. The van der Waals surface area contributed by atoms with E-state index in [1.807, 2.05) is 0 Å². The van der Waals surface area contributed by atoms with Crippen LogP contribution in [0.5, 0.6) is 0 Å². The van der Waals surface area contributed by atoms with Crippen molar-refractivity contribution in [2.45, 2.75) is 413 Å². The summed E-state index contributed by atoms with van der Waals surface area (Å²) in [7, 11) is 0. The zero-order valence-corrected chi connectivity index (χ0v) is 65.0. The lowest BCUT2D eigenvalue weighted by atomic mass is 9.70. The molecule has 0 aliphatic heterocycles. The Balaban J connectivity index is 0.000000531. The SMILES string of the molecule is CCCCC1C(C)CCC(C)C1O.CCCCC1CC(C)C(C)CC1O.CCCCC1CC(C)C(O)C(C)C1.CCCCC1CC(C)C(O)CC1C.CCCCC1CC(C)CC(C)C1O.CCCCC1CCC(C)C(C)C1O.CCCCC1CCC(O)C(C)C1C. The summed E-state index contributed by atoms with van der Waals surface area (Å²) in [6.07, 6.45) is 43.8. The topological polar surface area (TPSA) is 142 Å². The first-order chi connectivity index (χ1) is 43.1. The van der Waals surface area contributed by atoms with Gasteiger partial charge in [0.15, 0.2) is 0 Å². The fraction of sp³-hybridized carbons (Fsp3) is 1.00. The van der Waals surface area contributed by atoms with Gasteiger partial charge in [-0.15, -0.1) is 0 Å². The fourth-order valence-corrected chi connectivity index (χ4v) is 18.0. The summed E-state index contributed by atoms with van der Waals surface area (Å²) in [5.74, 6) is 13.8. The van der Waals surface area contributed by atoms with Crippen molar-refractivity contribution in [3.8, 4) is 0 Å². The molecule has 26 unspecified atom stereocenters. The normalized spacial score (nSPS) is 40.6. The monoisotopic (exact) mass is 1290 g/mol. The molecular weight excluding hydrogens is 1120 g/mol. The molecule has 91 heavy (non-hydrogen) atoms. The van der Waals surface area contributed by atoms with Crippen LogP contribution in [-0.2, 0) is 0 Å². The molecule has 0 heterocycles. The van der Waals surface area contributed by atoms with Gasteiger partial charge in [0.05, 0.1) is 42.7 Å². The average Bonchev–Trinajstić information content (AvgIpc) is 3.73. The van der Waals surface area contributed by atoms with Crippen LogP contribution < -0.4 is 0 Å². The fourth-order valence-electron chi connectivity index (χ4n) is 18.0. The van der Waals surface area contributed by atoms with Gasteiger partial charge in [0, 0.05) is 0 Å². The Kier molecular flexibility index (Phi) is 48.9. The highest BCUT2D eigenvalue weighted by molar-refractivity contribution is 4.88. The number of hydrogen-bond acceptors (Lipinski definition) is 7. The maximum atomic E-state index is 10.0. The highest BCUT2D eigenvalue weighted by atomic mass is 16.3. The molecule has 7 aliphatic carbocycles. The Bertz CT molecular complexity index is 1580. The molecule has 0 spiro atoms. The van der Waals surface area contributed by atoms with Gasteiger partial charge in [0.1, 0.15) is 0 Å². The highest BCUT2D eigenvalue weighted by Crippen LogP contribution is 2.42. The van der Waals surface area contributed by atoms with Crippen molar-refractivity contribution in [3.05, 3.63) is 0 Å². The first-order valence-corrected chi connectivity index (χ1v) is 40.8. The first kappa shape index (κ1) is 88.7. The van der Waals surface area contributed by atoms with Crippen molar-refractivity contribution in [2.75, 3.05) is 0 Å². The predicted molar refractivity (Wildman–Crippen MR) is 396 cm³/mol. The van der Waals surface area contributed by atoms with E-state index in [1.165, 1.54) is 205 Å². The molecule has 7 heteroatoms. The van der Waals surface area contributed by atoms with Crippen LogP contribution >= 0.6 is 0 Å². The largest absolute Gasteiger partial charge is 0.393 e. The minimum atomic E-state index is -0.0436. The van der Waals surface area contributed by atoms with E-state index in [4.69, 9.17) is 0 Å². The van der Waals surface area contributed by atoms with E-state index in [-0.39, 0.29) is 42.7 Å².